The molecule has 0 aliphatic carbocycles. The molecule has 8 nitrogen and oxygen atoms in total. The van der Waals surface area contributed by atoms with Gasteiger partial charge < -0.3 is 15.4 Å². The van der Waals surface area contributed by atoms with Crippen molar-refractivity contribution in [2.75, 3.05) is 19.7 Å². The number of carbonyl (C=O) groups excluding carboxylic acids is 3. The lowest BCUT2D eigenvalue weighted by Crippen LogP contribution is -2.42. The maximum atomic E-state index is 13.5. The zero-order valence-corrected chi connectivity index (χ0v) is 18.1. The number of likely N-dealkylation sites (tertiary alicyclic amines) is 1. The molecule has 0 radical (unpaired) electrons. The lowest BCUT2D eigenvalue weighted by atomic mass is 9.95. The molecule has 0 bridgehead atoms. The molecule has 3 rings (SSSR count). The quantitative estimate of drug-likeness (QED) is 0.713. The van der Waals surface area contributed by atoms with E-state index in [1.807, 2.05) is 44.2 Å². The highest BCUT2D eigenvalue weighted by Gasteiger charge is 2.33. The highest BCUT2D eigenvalue weighted by atomic mass is 16.5. The average Bonchev–Trinajstić information content (AvgIpc) is 2.78. The summed E-state index contributed by atoms with van der Waals surface area (Å²) in [5.41, 5.74) is 6.78. The molecule has 1 fully saturated rings. The number of ether oxygens (including phenoxy) is 1. The van der Waals surface area contributed by atoms with E-state index < -0.39 is 5.97 Å². The zero-order valence-electron chi connectivity index (χ0n) is 18.1. The molecule has 1 aliphatic heterocycles. The van der Waals surface area contributed by atoms with E-state index in [0.29, 0.717) is 37.4 Å². The second-order valence-electron chi connectivity index (χ2n) is 7.87. The summed E-state index contributed by atoms with van der Waals surface area (Å²) >= 11 is 0. The normalized spacial score (nSPS) is 14.5. The van der Waals surface area contributed by atoms with Crippen molar-refractivity contribution >= 4 is 17.8 Å². The minimum Gasteiger partial charge on any atom is -0.462 e. The number of hydrogen-bond acceptors (Lipinski definition) is 6. The van der Waals surface area contributed by atoms with Gasteiger partial charge in [0.1, 0.15) is 11.3 Å². The number of amides is 2. The molecule has 2 amide bonds. The molecule has 0 spiro atoms. The summed E-state index contributed by atoms with van der Waals surface area (Å²) in [5, 5.41) is 0. The van der Waals surface area contributed by atoms with Gasteiger partial charge in [-0.3, -0.25) is 9.59 Å². The van der Waals surface area contributed by atoms with Gasteiger partial charge in [-0.1, -0.05) is 44.2 Å². The second-order valence-corrected chi connectivity index (χ2v) is 7.87. The molecule has 2 aromatic rings. The summed E-state index contributed by atoms with van der Waals surface area (Å²) in [6.45, 7) is 6.45. The Kier molecular flexibility index (Phi) is 6.99. The van der Waals surface area contributed by atoms with Crippen molar-refractivity contribution in [1.82, 2.24) is 14.9 Å². The minimum atomic E-state index is -0.610. The van der Waals surface area contributed by atoms with Gasteiger partial charge >= 0.3 is 5.97 Å². The SMILES string of the molecule is CCOC(=O)c1c(C(=O)N2CCC(C(N)=O)CC2)nc(-c2ccccc2)nc1C(C)C. The van der Waals surface area contributed by atoms with Crippen LogP contribution in [0.5, 0.6) is 0 Å². The summed E-state index contributed by atoms with van der Waals surface area (Å²) in [4.78, 5) is 48.5. The third kappa shape index (κ3) is 4.90. The predicted molar refractivity (Wildman–Crippen MR) is 115 cm³/mol. The van der Waals surface area contributed by atoms with E-state index in [4.69, 9.17) is 10.5 Å². The molecule has 1 saturated heterocycles. The molecule has 2 heterocycles. The monoisotopic (exact) mass is 424 g/mol. The summed E-state index contributed by atoms with van der Waals surface area (Å²) in [7, 11) is 0. The fourth-order valence-corrected chi connectivity index (χ4v) is 3.69. The Morgan fingerprint density at radius 2 is 1.77 bits per heavy atom. The van der Waals surface area contributed by atoms with Gasteiger partial charge in [0.05, 0.1) is 12.3 Å². The van der Waals surface area contributed by atoms with Crippen LogP contribution in [-0.2, 0) is 9.53 Å². The Bertz CT molecular complexity index is 967. The van der Waals surface area contributed by atoms with Crippen molar-refractivity contribution in [3.8, 4) is 11.4 Å². The lowest BCUT2D eigenvalue weighted by molar-refractivity contribution is -0.123. The lowest BCUT2D eigenvalue weighted by Gasteiger charge is -2.31. The number of rotatable bonds is 6. The first-order chi connectivity index (χ1) is 14.8. The van der Waals surface area contributed by atoms with E-state index in [9.17, 15) is 14.4 Å². The standard InChI is InChI=1S/C23H28N4O4/c1-4-31-23(30)17-18(14(2)3)25-21(16-8-6-5-7-9-16)26-19(17)22(29)27-12-10-15(11-13-27)20(24)28/h5-9,14-15H,4,10-13H2,1-3H3,(H2,24,28). The third-order valence-electron chi connectivity index (χ3n) is 5.38. The number of benzene rings is 1. The largest absolute Gasteiger partial charge is 0.462 e. The molecule has 0 unspecified atom stereocenters. The summed E-state index contributed by atoms with van der Waals surface area (Å²) < 4.78 is 5.24. The van der Waals surface area contributed by atoms with Crippen molar-refractivity contribution in [2.45, 2.75) is 39.5 Å². The van der Waals surface area contributed by atoms with Gasteiger partial charge in [0, 0.05) is 24.6 Å². The first-order valence-corrected chi connectivity index (χ1v) is 10.6. The van der Waals surface area contributed by atoms with Gasteiger partial charge in [-0.05, 0) is 25.7 Å². The van der Waals surface area contributed by atoms with E-state index in [0.717, 1.165) is 5.56 Å². The molecule has 8 heteroatoms. The number of esters is 1. The highest BCUT2D eigenvalue weighted by molar-refractivity contribution is 6.05. The predicted octanol–water partition coefficient (Wildman–Crippen LogP) is 2.78. The molecule has 1 aromatic carbocycles. The number of nitrogens with zero attached hydrogens (tertiary/aromatic N) is 3. The van der Waals surface area contributed by atoms with Gasteiger partial charge in [0.2, 0.25) is 5.91 Å². The Morgan fingerprint density at radius 3 is 2.32 bits per heavy atom. The third-order valence-corrected chi connectivity index (χ3v) is 5.38. The smallest absolute Gasteiger partial charge is 0.342 e. The highest BCUT2D eigenvalue weighted by Crippen LogP contribution is 2.27. The molecule has 1 aliphatic rings. The van der Waals surface area contributed by atoms with Gasteiger partial charge in [0.25, 0.3) is 5.91 Å². The van der Waals surface area contributed by atoms with E-state index >= 15 is 0 Å². The first-order valence-electron chi connectivity index (χ1n) is 10.6. The van der Waals surface area contributed by atoms with E-state index in [2.05, 4.69) is 9.97 Å². The van der Waals surface area contributed by atoms with E-state index in [1.165, 1.54) is 0 Å². The molecule has 31 heavy (non-hydrogen) atoms. The number of primary amides is 1. The topological polar surface area (TPSA) is 115 Å². The molecule has 0 atom stereocenters. The van der Waals surface area contributed by atoms with Crippen LogP contribution in [0.1, 0.15) is 66.1 Å². The van der Waals surface area contributed by atoms with Gasteiger partial charge in [-0.2, -0.15) is 0 Å². The van der Waals surface area contributed by atoms with Crippen molar-refractivity contribution in [1.29, 1.82) is 0 Å². The van der Waals surface area contributed by atoms with Crippen molar-refractivity contribution in [3.05, 3.63) is 47.3 Å². The molecule has 164 valence electrons. The minimum absolute atomic E-state index is 0.0357. The molecular weight excluding hydrogens is 396 g/mol. The Morgan fingerprint density at radius 1 is 1.13 bits per heavy atom. The Labute approximate surface area is 181 Å². The Hall–Kier alpha value is -3.29. The van der Waals surface area contributed by atoms with Crippen LogP contribution in [0.3, 0.4) is 0 Å². The molecule has 1 aromatic heterocycles. The van der Waals surface area contributed by atoms with E-state index in [-0.39, 0.29) is 41.5 Å². The molecule has 2 N–H and O–H groups in total. The van der Waals surface area contributed by atoms with Gasteiger partial charge in [-0.25, -0.2) is 14.8 Å². The van der Waals surface area contributed by atoms with Crippen LogP contribution in [0.4, 0.5) is 0 Å². The summed E-state index contributed by atoms with van der Waals surface area (Å²) in [6.07, 6.45) is 0.979. The van der Waals surface area contributed by atoms with Crippen LogP contribution in [0.2, 0.25) is 0 Å². The summed E-state index contributed by atoms with van der Waals surface area (Å²) in [6, 6.07) is 9.33. The van der Waals surface area contributed by atoms with Crippen LogP contribution in [0.15, 0.2) is 30.3 Å². The van der Waals surface area contributed by atoms with Crippen molar-refractivity contribution in [2.24, 2.45) is 11.7 Å². The summed E-state index contributed by atoms with van der Waals surface area (Å²) in [5.74, 6) is -1.32. The van der Waals surface area contributed by atoms with Crippen LogP contribution in [-0.4, -0.2) is 52.3 Å². The van der Waals surface area contributed by atoms with Crippen LogP contribution in [0.25, 0.3) is 11.4 Å². The Balaban J connectivity index is 2.09. The van der Waals surface area contributed by atoms with Gasteiger partial charge in [0.15, 0.2) is 5.82 Å². The maximum Gasteiger partial charge on any atom is 0.342 e. The van der Waals surface area contributed by atoms with Crippen LogP contribution >= 0.6 is 0 Å². The fourth-order valence-electron chi connectivity index (χ4n) is 3.69. The average molecular weight is 425 g/mol. The van der Waals surface area contributed by atoms with Crippen LogP contribution in [0, 0.1) is 5.92 Å². The number of nitrogens with two attached hydrogens (primary N) is 1. The van der Waals surface area contributed by atoms with Crippen molar-refractivity contribution in [3.63, 3.8) is 0 Å². The number of piperidine rings is 1. The number of aromatic nitrogens is 2. The molecule has 0 saturated carbocycles. The fraction of sp³-hybridized carbons (Fsp3) is 0.435. The van der Waals surface area contributed by atoms with Crippen LogP contribution < -0.4 is 5.73 Å². The number of carbonyl (C=O) groups is 3. The van der Waals surface area contributed by atoms with Crippen molar-refractivity contribution < 1.29 is 19.1 Å². The maximum absolute atomic E-state index is 13.5. The van der Waals surface area contributed by atoms with E-state index in [1.54, 1.807) is 11.8 Å². The zero-order chi connectivity index (χ0) is 22.5. The second kappa shape index (κ2) is 9.68. The first kappa shape index (κ1) is 22.4. The molecular formula is C23H28N4O4. The number of hydrogen-bond donors (Lipinski definition) is 1. The van der Waals surface area contributed by atoms with Gasteiger partial charge in [-0.15, -0.1) is 0 Å².